The van der Waals surface area contributed by atoms with Gasteiger partial charge >= 0.3 is 0 Å². The largest absolute Gasteiger partial charge is 0.488 e. The number of benzene rings is 1. The van der Waals surface area contributed by atoms with Crippen LogP contribution in [0.5, 0.6) is 5.75 Å². The summed E-state index contributed by atoms with van der Waals surface area (Å²) in [6.45, 7) is 0.840. The molecule has 1 amide bonds. The Balaban J connectivity index is 2.58. The van der Waals surface area contributed by atoms with Gasteiger partial charge in [0.1, 0.15) is 6.61 Å². The molecule has 0 bridgehead atoms. The fourth-order valence-electron chi connectivity index (χ4n) is 1.30. The van der Waals surface area contributed by atoms with Crippen LogP contribution < -0.4 is 15.4 Å². The molecule has 0 saturated heterocycles. The zero-order chi connectivity index (χ0) is 13.4. The fourth-order valence-corrected chi connectivity index (χ4v) is 1.30. The van der Waals surface area contributed by atoms with Crippen LogP contribution in [0.25, 0.3) is 0 Å². The van der Waals surface area contributed by atoms with E-state index in [1.165, 1.54) is 12.1 Å². The van der Waals surface area contributed by atoms with E-state index in [-0.39, 0.29) is 24.8 Å². The van der Waals surface area contributed by atoms with E-state index >= 15 is 0 Å². The Morgan fingerprint density at radius 2 is 2.17 bits per heavy atom. The summed E-state index contributed by atoms with van der Waals surface area (Å²) in [6, 6.07) is 4.27. The number of anilines is 1. The summed E-state index contributed by atoms with van der Waals surface area (Å²) in [7, 11) is 3.20. The van der Waals surface area contributed by atoms with Crippen molar-refractivity contribution in [3.8, 4) is 5.75 Å². The molecular weight excluding hydrogens is 239 g/mol. The molecule has 100 valence electrons. The van der Waals surface area contributed by atoms with E-state index in [2.05, 4.69) is 10.6 Å². The summed E-state index contributed by atoms with van der Waals surface area (Å²) in [5.41, 5.74) is 0.395. The Kier molecular flexibility index (Phi) is 6.10. The number of carbonyl (C=O) groups excluding carboxylic acids is 1. The molecule has 0 heterocycles. The number of halogens is 1. The predicted octanol–water partition coefficient (Wildman–Crippen LogP) is 1.01. The first kappa shape index (κ1) is 14.4. The third kappa shape index (κ3) is 4.68. The molecular formula is C12H17FN2O3. The summed E-state index contributed by atoms with van der Waals surface area (Å²) in [5, 5.41) is 5.26. The quantitative estimate of drug-likeness (QED) is 0.715. The Labute approximate surface area is 105 Å². The molecule has 0 aliphatic carbocycles. The molecule has 0 aliphatic rings. The van der Waals surface area contributed by atoms with Gasteiger partial charge in [0.05, 0.1) is 13.2 Å². The maximum atomic E-state index is 13.6. The van der Waals surface area contributed by atoms with Gasteiger partial charge in [-0.25, -0.2) is 4.39 Å². The van der Waals surface area contributed by atoms with E-state index in [1.807, 2.05) is 0 Å². The second kappa shape index (κ2) is 7.62. The molecule has 0 radical (unpaired) electrons. The van der Waals surface area contributed by atoms with Gasteiger partial charge in [-0.1, -0.05) is 0 Å². The highest BCUT2D eigenvalue weighted by Crippen LogP contribution is 2.21. The van der Waals surface area contributed by atoms with Crippen LogP contribution in [0.15, 0.2) is 18.2 Å². The van der Waals surface area contributed by atoms with E-state index < -0.39 is 5.82 Å². The lowest BCUT2D eigenvalue weighted by Crippen LogP contribution is -2.25. The summed E-state index contributed by atoms with van der Waals surface area (Å²) in [6.07, 6.45) is 0. The predicted molar refractivity (Wildman–Crippen MR) is 66.3 cm³/mol. The number of carbonyl (C=O) groups is 1. The van der Waals surface area contributed by atoms with E-state index in [0.717, 1.165) is 0 Å². The minimum Gasteiger partial charge on any atom is -0.488 e. The van der Waals surface area contributed by atoms with Crippen LogP contribution in [0.2, 0.25) is 0 Å². The number of ether oxygens (including phenoxy) is 2. The molecule has 0 fully saturated rings. The van der Waals surface area contributed by atoms with Crippen molar-refractivity contribution in [3.63, 3.8) is 0 Å². The van der Waals surface area contributed by atoms with E-state index in [1.54, 1.807) is 20.2 Å². The summed E-state index contributed by atoms with van der Waals surface area (Å²) < 4.78 is 23.5. The Morgan fingerprint density at radius 1 is 1.39 bits per heavy atom. The van der Waals surface area contributed by atoms with Gasteiger partial charge in [-0.05, 0) is 19.2 Å². The van der Waals surface area contributed by atoms with Crippen LogP contribution in [0.4, 0.5) is 10.1 Å². The van der Waals surface area contributed by atoms with Crippen LogP contribution in [-0.2, 0) is 9.53 Å². The second-order valence-electron chi connectivity index (χ2n) is 3.56. The maximum Gasteiger partial charge on any atom is 0.238 e. The van der Waals surface area contributed by atoms with E-state index in [9.17, 15) is 9.18 Å². The lowest BCUT2D eigenvalue weighted by molar-refractivity contribution is -0.115. The topological polar surface area (TPSA) is 59.6 Å². The van der Waals surface area contributed by atoms with Crippen molar-refractivity contribution < 1.29 is 18.7 Å². The highest BCUT2D eigenvalue weighted by molar-refractivity contribution is 5.92. The lowest BCUT2D eigenvalue weighted by Gasteiger charge is -2.09. The third-order valence-electron chi connectivity index (χ3n) is 2.10. The van der Waals surface area contributed by atoms with Gasteiger partial charge in [0.2, 0.25) is 5.91 Å². The van der Waals surface area contributed by atoms with Crippen LogP contribution in [0.1, 0.15) is 0 Å². The molecule has 6 heteroatoms. The van der Waals surface area contributed by atoms with Gasteiger partial charge in [0.25, 0.3) is 0 Å². The van der Waals surface area contributed by atoms with E-state index in [4.69, 9.17) is 9.47 Å². The van der Waals surface area contributed by atoms with Crippen molar-refractivity contribution in [2.24, 2.45) is 0 Å². The van der Waals surface area contributed by atoms with Crippen molar-refractivity contribution in [2.75, 3.05) is 39.2 Å². The van der Waals surface area contributed by atoms with Crippen LogP contribution in [0, 0.1) is 5.82 Å². The molecule has 0 saturated carbocycles. The van der Waals surface area contributed by atoms with Crippen molar-refractivity contribution >= 4 is 11.6 Å². The average molecular weight is 256 g/mol. The molecule has 1 aromatic rings. The van der Waals surface area contributed by atoms with Gasteiger partial charge in [0.15, 0.2) is 11.6 Å². The average Bonchev–Trinajstić information content (AvgIpc) is 2.32. The van der Waals surface area contributed by atoms with E-state index in [0.29, 0.717) is 12.3 Å². The molecule has 2 N–H and O–H groups in total. The minimum absolute atomic E-state index is 0.138. The van der Waals surface area contributed by atoms with Crippen molar-refractivity contribution in [3.05, 3.63) is 24.0 Å². The first-order chi connectivity index (χ1) is 8.67. The monoisotopic (exact) mass is 256 g/mol. The number of hydrogen-bond donors (Lipinski definition) is 2. The van der Waals surface area contributed by atoms with Gasteiger partial charge in [-0.3, -0.25) is 4.79 Å². The van der Waals surface area contributed by atoms with Gasteiger partial charge in [-0.2, -0.15) is 0 Å². The van der Waals surface area contributed by atoms with Crippen LogP contribution >= 0.6 is 0 Å². The molecule has 5 nitrogen and oxygen atoms in total. The summed E-state index contributed by atoms with van der Waals surface area (Å²) >= 11 is 0. The minimum atomic E-state index is -0.520. The first-order valence-corrected chi connectivity index (χ1v) is 5.53. The normalized spacial score (nSPS) is 10.2. The standard InChI is InChI=1S/C12H17FN2O3/c1-14-8-12(16)15-9-3-4-11(10(13)7-9)18-6-5-17-2/h3-4,7,14H,5-6,8H2,1-2H3,(H,15,16). The highest BCUT2D eigenvalue weighted by atomic mass is 19.1. The zero-order valence-corrected chi connectivity index (χ0v) is 10.5. The molecule has 0 aromatic heterocycles. The second-order valence-corrected chi connectivity index (χ2v) is 3.56. The summed E-state index contributed by atoms with van der Waals surface area (Å²) in [4.78, 5) is 11.3. The molecule has 0 unspecified atom stereocenters. The van der Waals surface area contributed by atoms with Gasteiger partial charge in [0, 0.05) is 18.9 Å². The van der Waals surface area contributed by atoms with Crippen molar-refractivity contribution in [1.29, 1.82) is 0 Å². The van der Waals surface area contributed by atoms with Crippen molar-refractivity contribution in [1.82, 2.24) is 5.32 Å². The number of hydrogen-bond acceptors (Lipinski definition) is 4. The molecule has 0 atom stereocenters. The van der Waals surface area contributed by atoms with Gasteiger partial charge in [-0.15, -0.1) is 0 Å². The number of methoxy groups -OCH3 is 1. The maximum absolute atomic E-state index is 13.6. The fraction of sp³-hybridized carbons (Fsp3) is 0.417. The number of amides is 1. The Morgan fingerprint density at radius 3 is 2.78 bits per heavy atom. The summed E-state index contributed by atoms with van der Waals surface area (Å²) in [5.74, 6) is -0.614. The third-order valence-corrected chi connectivity index (χ3v) is 2.10. The van der Waals surface area contributed by atoms with Gasteiger partial charge < -0.3 is 20.1 Å². The highest BCUT2D eigenvalue weighted by Gasteiger charge is 2.06. The van der Waals surface area contributed by atoms with Crippen molar-refractivity contribution in [2.45, 2.75) is 0 Å². The lowest BCUT2D eigenvalue weighted by atomic mass is 10.3. The zero-order valence-electron chi connectivity index (χ0n) is 10.5. The van der Waals surface area contributed by atoms with Crippen LogP contribution in [-0.4, -0.2) is 39.8 Å². The molecule has 1 rings (SSSR count). The number of rotatable bonds is 7. The Bertz CT molecular complexity index is 399. The molecule has 1 aromatic carbocycles. The molecule has 18 heavy (non-hydrogen) atoms. The number of likely N-dealkylation sites (N-methyl/N-ethyl adjacent to an activating group) is 1. The molecule has 0 aliphatic heterocycles. The Hall–Kier alpha value is -1.66. The van der Waals surface area contributed by atoms with Crippen LogP contribution in [0.3, 0.4) is 0 Å². The first-order valence-electron chi connectivity index (χ1n) is 5.53. The number of nitrogens with one attached hydrogen (secondary N) is 2. The smallest absolute Gasteiger partial charge is 0.238 e. The molecule has 0 spiro atoms. The SMILES string of the molecule is CNCC(=O)Nc1ccc(OCCOC)c(F)c1.